The highest BCUT2D eigenvalue weighted by atomic mass is 35.5. The summed E-state index contributed by atoms with van der Waals surface area (Å²) >= 11 is 10.1. The molecule has 1 rings (SSSR count). The van der Waals surface area contributed by atoms with Crippen molar-refractivity contribution >= 4 is 29.6 Å². The van der Waals surface area contributed by atoms with Crippen LogP contribution in [0, 0.1) is 11.4 Å². The number of nitrogens with one attached hydrogen (secondary N) is 1. The van der Waals surface area contributed by atoms with Gasteiger partial charge in [0.25, 0.3) is 0 Å². The Morgan fingerprint density at radius 1 is 1.43 bits per heavy atom. The number of hydrogen-bond acceptors (Lipinski definition) is 2. The summed E-state index contributed by atoms with van der Waals surface area (Å²) in [6.45, 7) is 1.24. The molecule has 2 nitrogen and oxygen atoms in total. The zero-order chi connectivity index (χ0) is 11.1. The first-order valence-electron chi connectivity index (χ1n) is 3.50. The van der Waals surface area contributed by atoms with Gasteiger partial charge in [0.05, 0.1) is 15.1 Å². The summed E-state index contributed by atoms with van der Waals surface area (Å²) < 4.78 is 36.8. The first kappa shape index (κ1) is 11.3. The molecule has 1 aromatic rings. The molecule has 7 heteroatoms. The Labute approximate surface area is 87.9 Å². The number of halogens is 4. The zero-order valence-corrected chi connectivity index (χ0v) is 8.57. The van der Waals surface area contributed by atoms with Crippen LogP contribution in [0.1, 0.15) is 11.3 Å². The molecular formula is C7H6ClF3N2S. The summed E-state index contributed by atoms with van der Waals surface area (Å²) in [6, 6.07) is 0. The molecular weight excluding hydrogens is 237 g/mol. The van der Waals surface area contributed by atoms with Crippen molar-refractivity contribution in [1.29, 1.82) is 0 Å². The molecule has 1 heterocycles. The lowest BCUT2D eigenvalue weighted by Crippen LogP contribution is -2.11. The van der Waals surface area contributed by atoms with Crippen molar-refractivity contribution in [3.05, 3.63) is 20.8 Å². The molecule has 0 atom stereocenters. The van der Waals surface area contributed by atoms with Crippen molar-refractivity contribution in [2.45, 2.75) is 13.1 Å². The van der Waals surface area contributed by atoms with Crippen LogP contribution < -0.4 is 5.73 Å². The maximum atomic E-state index is 12.4. The predicted octanol–water partition coefficient (Wildman–Crippen LogP) is 3.31. The van der Waals surface area contributed by atoms with Crippen LogP contribution in [0.4, 0.5) is 19.0 Å². The molecule has 0 bridgehead atoms. The summed E-state index contributed by atoms with van der Waals surface area (Å²) in [7, 11) is 0. The Bertz CT molecular complexity index is 424. The Morgan fingerprint density at radius 2 is 1.93 bits per heavy atom. The van der Waals surface area contributed by atoms with Gasteiger partial charge in [-0.05, 0) is 6.92 Å². The van der Waals surface area contributed by atoms with Gasteiger partial charge in [-0.2, -0.15) is 13.2 Å². The van der Waals surface area contributed by atoms with E-state index in [2.05, 4.69) is 17.2 Å². The number of rotatable bonds is 0. The minimum Gasteiger partial charge on any atom is -0.384 e. The minimum absolute atomic E-state index is 0.0535. The first-order chi connectivity index (χ1) is 6.25. The van der Waals surface area contributed by atoms with Crippen molar-refractivity contribution in [3.63, 3.8) is 0 Å². The molecule has 3 N–H and O–H groups in total. The fraction of sp³-hybridized carbons (Fsp3) is 0.286. The second kappa shape index (κ2) is 3.43. The lowest BCUT2D eigenvalue weighted by atomic mass is 10.2. The van der Waals surface area contributed by atoms with Crippen LogP contribution in [0.2, 0.25) is 5.02 Å². The molecule has 0 radical (unpaired) electrons. The predicted molar refractivity (Wildman–Crippen MR) is 50.8 cm³/mol. The summed E-state index contributed by atoms with van der Waals surface area (Å²) in [6.07, 6.45) is -4.52. The van der Waals surface area contributed by atoms with Crippen LogP contribution in [0.25, 0.3) is 0 Å². The van der Waals surface area contributed by atoms with Crippen molar-refractivity contribution < 1.29 is 13.2 Å². The maximum Gasteiger partial charge on any atom is 0.419 e. The van der Waals surface area contributed by atoms with Crippen LogP contribution in [0.15, 0.2) is 0 Å². The normalized spacial score (nSPS) is 11.8. The number of nitrogens with two attached hydrogens (primary N) is 1. The van der Waals surface area contributed by atoms with Gasteiger partial charge in [0.1, 0.15) is 5.82 Å². The molecule has 1 aromatic heterocycles. The minimum atomic E-state index is -4.52. The smallest absolute Gasteiger partial charge is 0.384 e. The lowest BCUT2D eigenvalue weighted by Gasteiger charge is -2.12. The number of hydrogen-bond donors (Lipinski definition) is 2. The number of anilines is 1. The van der Waals surface area contributed by atoms with Crippen LogP contribution in [0.5, 0.6) is 0 Å². The summed E-state index contributed by atoms with van der Waals surface area (Å²) in [5.41, 5.74) is 4.24. The number of alkyl halides is 3. The van der Waals surface area contributed by atoms with Crippen LogP contribution >= 0.6 is 23.8 Å². The monoisotopic (exact) mass is 242 g/mol. The summed E-state index contributed by atoms with van der Waals surface area (Å²) in [4.78, 5) is 2.31. The maximum absolute atomic E-state index is 12.4. The third kappa shape index (κ3) is 1.85. The number of pyridine rings is 1. The fourth-order valence-corrected chi connectivity index (χ4v) is 1.58. The largest absolute Gasteiger partial charge is 0.419 e. The number of aromatic amines is 1. The highest BCUT2D eigenvalue weighted by molar-refractivity contribution is 7.71. The number of nitrogen functional groups attached to an aromatic ring is 1. The van der Waals surface area contributed by atoms with E-state index in [-0.39, 0.29) is 16.5 Å². The molecule has 0 aliphatic rings. The Balaban J connectivity index is 3.62. The average Bonchev–Trinajstić information content (AvgIpc) is 1.97. The molecule has 0 fully saturated rings. The number of aryl methyl sites for hydroxylation is 1. The second-order valence-corrected chi connectivity index (χ2v) is 3.47. The molecule has 0 saturated carbocycles. The number of aromatic nitrogens is 1. The van der Waals surface area contributed by atoms with E-state index in [9.17, 15) is 13.2 Å². The molecule has 0 amide bonds. The molecule has 0 saturated heterocycles. The van der Waals surface area contributed by atoms with Gasteiger partial charge in [0.2, 0.25) is 0 Å². The lowest BCUT2D eigenvalue weighted by molar-refractivity contribution is -0.138. The number of H-pyrrole nitrogens is 1. The molecule has 0 spiro atoms. The molecule has 0 aliphatic carbocycles. The van der Waals surface area contributed by atoms with Gasteiger partial charge in [-0.15, -0.1) is 0 Å². The van der Waals surface area contributed by atoms with Crippen LogP contribution in [-0.2, 0) is 6.18 Å². The summed E-state index contributed by atoms with van der Waals surface area (Å²) in [5.74, 6) is -0.0535. The summed E-state index contributed by atoms with van der Waals surface area (Å²) in [5, 5.41) is -0.266. The van der Waals surface area contributed by atoms with Crippen molar-refractivity contribution in [2.24, 2.45) is 0 Å². The van der Waals surface area contributed by atoms with E-state index in [0.717, 1.165) is 0 Å². The van der Waals surface area contributed by atoms with E-state index in [1.807, 2.05) is 0 Å². The zero-order valence-electron chi connectivity index (χ0n) is 7.00. The van der Waals surface area contributed by atoms with E-state index < -0.39 is 16.2 Å². The van der Waals surface area contributed by atoms with Gasteiger partial charge in [-0.1, -0.05) is 23.8 Å². The van der Waals surface area contributed by atoms with Crippen molar-refractivity contribution in [3.8, 4) is 0 Å². The van der Waals surface area contributed by atoms with E-state index >= 15 is 0 Å². The van der Waals surface area contributed by atoms with Gasteiger partial charge in [0.15, 0.2) is 0 Å². The van der Waals surface area contributed by atoms with E-state index in [4.69, 9.17) is 17.3 Å². The van der Waals surface area contributed by atoms with Gasteiger partial charge >= 0.3 is 6.18 Å². The average molecular weight is 243 g/mol. The highest BCUT2D eigenvalue weighted by Crippen LogP contribution is 2.35. The SMILES string of the molecule is Cc1[nH]c(N)c(Cl)c(=S)c1C(F)(F)F. The van der Waals surface area contributed by atoms with E-state index in [0.29, 0.717) is 0 Å². The molecule has 78 valence electrons. The van der Waals surface area contributed by atoms with Crippen LogP contribution in [0.3, 0.4) is 0 Å². The quantitative estimate of drug-likeness (QED) is 0.686. The Kier molecular flexibility index (Phi) is 2.78. The third-order valence-electron chi connectivity index (χ3n) is 1.64. The fourth-order valence-electron chi connectivity index (χ4n) is 1.06. The molecule has 14 heavy (non-hydrogen) atoms. The molecule has 0 unspecified atom stereocenters. The molecule has 0 aliphatic heterocycles. The molecule has 0 aromatic carbocycles. The first-order valence-corrected chi connectivity index (χ1v) is 4.28. The standard InChI is InChI=1S/C7H6ClF3N2S/c1-2-3(7(9,10)11)5(14)4(8)6(12)13-2/h1H3,(H3,12,13,14). The topological polar surface area (TPSA) is 41.8 Å². The van der Waals surface area contributed by atoms with Crippen molar-refractivity contribution in [2.75, 3.05) is 5.73 Å². The van der Waals surface area contributed by atoms with Crippen LogP contribution in [-0.4, -0.2) is 4.98 Å². The Hall–Kier alpha value is -0.750. The second-order valence-electron chi connectivity index (χ2n) is 2.68. The van der Waals surface area contributed by atoms with E-state index in [1.165, 1.54) is 6.92 Å². The third-order valence-corrected chi connectivity index (χ3v) is 2.56. The van der Waals surface area contributed by atoms with E-state index in [1.54, 1.807) is 0 Å². The van der Waals surface area contributed by atoms with Gasteiger partial charge < -0.3 is 10.7 Å². The highest BCUT2D eigenvalue weighted by Gasteiger charge is 2.35. The van der Waals surface area contributed by atoms with Gasteiger partial charge in [0, 0.05) is 5.69 Å². The van der Waals surface area contributed by atoms with Gasteiger partial charge in [-0.25, -0.2) is 0 Å². The van der Waals surface area contributed by atoms with Gasteiger partial charge in [-0.3, -0.25) is 0 Å². The Morgan fingerprint density at radius 3 is 2.36 bits per heavy atom. The van der Waals surface area contributed by atoms with Crippen molar-refractivity contribution in [1.82, 2.24) is 4.98 Å².